The molecule has 3 nitrogen and oxygen atoms in total. The fraction of sp³-hybridized carbons (Fsp3) is 0.0877. The lowest BCUT2D eigenvalue weighted by Gasteiger charge is -2.14. The van der Waals surface area contributed by atoms with Crippen molar-refractivity contribution in [1.29, 1.82) is 0 Å². The molecule has 0 aliphatic rings. The standard InChI is InChI=1S/C55H43N3.C2H6/c1-3-15-37(4-2)24-25-41(36-50(56)39-16-7-5-8-17-39)38-26-30-43(31-27-38)57-51-22-13-11-20-44(51)47-35-34-46-49(54(47)57)33-29-40-28-32-48-45-21-12-14-23-52(45)58(55(48)53(40)46)42-18-9-6-10-19-42;1-2/h3-23,25-36H,24,56H2,1-2H3;1-2H3/b15-3-,37-4+,41-25+,50-36-;. The molecule has 2 N–H and O–H groups in total. The van der Waals surface area contributed by atoms with Crippen LogP contribution in [-0.2, 0) is 0 Å². The molecular weight excluding hydrogens is 727 g/mol. The molecule has 60 heavy (non-hydrogen) atoms. The van der Waals surface area contributed by atoms with Gasteiger partial charge in [-0.15, -0.1) is 0 Å². The largest absolute Gasteiger partial charge is 0.398 e. The highest BCUT2D eigenvalue weighted by Crippen LogP contribution is 2.43. The van der Waals surface area contributed by atoms with Crippen LogP contribution in [0.25, 0.3) is 87.8 Å². The van der Waals surface area contributed by atoms with Gasteiger partial charge in [-0.3, -0.25) is 0 Å². The molecule has 0 unspecified atom stereocenters. The van der Waals surface area contributed by atoms with Crippen molar-refractivity contribution in [3.8, 4) is 11.4 Å². The molecule has 0 amide bonds. The van der Waals surface area contributed by atoms with E-state index in [1.54, 1.807) is 0 Å². The maximum Gasteiger partial charge on any atom is 0.0625 e. The third kappa shape index (κ3) is 6.59. The number of aromatic nitrogens is 2. The fourth-order valence-corrected chi connectivity index (χ4v) is 8.92. The molecule has 10 aromatic rings. The number of nitrogens with two attached hydrogens (primary N) is 1. The smallest absolute Gasteiger partial charge is 0.0625 e. The van der Waals surface area contributed by atoms with Gasteiger partial charge in [-0.25, -0.2) is 0 Å². The van der Waals surface area contributed by atoms with Crippen molar-refractivity contribution in [3.05, 3.63) is 217 Å². The zero-order valence-electron chi connectivity index (χ0n) is 34.7. The van der Waals surface area contributed by atoms with Crippen molar-refractivity contribution in [2.75, 3.05) is 0 Å². The summed E-state index contributed by atoms with van der Waals surface area (Å²) in [7, 11) is 0. The van der Waals surface area contributed by atoms with Gasteiger partial charge >= 0.3 is 0 Å². The molecule has 0 saturated carbocycles. The van der Waals surface area contributed by atoms with Crippen LogP contribution in [-0.4, -0.2) is 9.13 Å². The summed E-state index contributed by atoms with van der Waals surface area (Å²) in [5.74, 6) is 0. The minimum atomic E-state index is 0.741. The van der Waals surface area contributed by atoms with Crippen molar-refractivity contribution in [1.82, 2.24) is 9.13 Å². The van der Waals surface area contributed by atoms with Crippen molar-refractivity contribution in [2.24, 2.45) is 5.73 Å². The Bertz CT molecular complexity index is 3300. The van der Waals surface area contributed by atoms with Gasteiger partial charge in [0, 0.05) is 49.4 Å². The Hall–Kier alpha value is -7.36. The first kappa shape index (κ1) is 38.2. The van der Waals surface area contributed by atoms with E-state index < -0.39 is 0 Å². The lowest BCUT2D eigenvalue weighted by atomic mass is 9.97. The summed E-state index contributed by atoms with van der Waals surface area (Å²) < 4.78 is 4.91. The lowest BCUT2D eigenvalue weighted by molar-refractivity contribution is 1.18. The van der Waals surface area contributed by atoms with E-state index in [2.05, 4.69) is 205 Å². The molecule has 3 heteroatoms. The number of allylic oxidation sites excluding steroid dienone is 7. The van der Waals surface area contributed by atoms with E-state index in [0.717, 1.165) is 40.2 Å². The quantitative estimate of drug-likeness (QED) is 0.121. The molecular formula is C57H49N3. The van der Waals surface area contributed by atoms with Crippen molar-refractivity contribution in [2.45, 2.75) is 34.1 Å². The summed E-state index contributed by atoms with van der Waals surface area (Å²) in [6.45, 7) is 8.15. The normalized spacial score (nSPS) is 12.7. The molecule has 0 saturated heterocycles. The summed E-state index contributed by atoms with van der Waals surface area (Å²) in [5, 5.41) is 9.95. The van der Waals surface area contributed by atoms with Gasteiger partial charge in [0.2, 0.25) is 0 Å². The molecule has 10 rings (SSSR count). The second kappa shape index (κ2) is 16.5. The Morgan fingerprint density at radius 1 is 0.500 bits per heavy atom. The van der Waals surface area contributed by atoms with Crippen LogP contribution < -0.4 is 5.73 Å². The number of hydrogen-bond acceptors (Lipinski definition) is 1. The van der Waals surface area contributed by atoms with Gasteiger partial charge in [0.25, 0.3) is 0 Å². The molecule has 8 aromatic carbocycles. The van der Waals surface area contributed by atoms with Crippen LogP contribution >= 0.6 is 0 Å². The van der Waals surface area contributed by atoms with Gasteiger partial charge in [-0.05, 0) is 95.8 Å². The Balaban J connectivity index is 0.00000228. The number of benzene rings is 8. The molecule has 292 valence electrons. The minimum Gasteiger partial charge on any atom is -0.398 e. The van der Waals surface area contributed by atoms with E-state index in [1.165, 1.54) is 70.7 Å². The maximum absolute atomic E-state index is 6.74. The molecule has 2 heterocycles. The van der Waals surface area contributed by atoms with Crippen molar-refractivity contribution >= 4 is 76.4 Å². The highest BCUT2D eigenvalue weighted by Gasteiger charge is 2.20. The number of rotatable bonds is 8. The Kier molecular flexibility index (Phi) is 10.5. The molecule has 0 aliphatic carbocycles. The molecule has 2 aromatic heterocycles. The third-order valence-corrected chi connectivity index (χ3v) is 11.6. The highest BCUT2D eigenvalue weighted by atomic mass is 15.0. The molecule has 0 fully saturated rings. The Labute approximate surface area is 352 Å². The number of hydrogen-bond donors (Lipinski definition) is 1. The monoisotopic (exact) mass is 775 g/mol. The van der Waals surface area contributed by atoms with E-state index in [-0.39, 0.29) is 0 Å². The first-order valence-corrected chi connectivity index (χ1v) is 21.1. The number of fused-ring (bicyclic) bond motifs is 11. The predicted molar refractivity (Wildman–Crippen MR) is 261 cm³/mol. The summed E-state index contributed by atoms with van der Waals surface area (Å²) in [4.78, 5) is 0. The second-order valence-electron chi connectivity index (χ2n) is 15.0. The van der Waals surface area contributed by atoms with Gasteiger partial charge in [-0.1, -0.05) is 172 Å². The first-order valence-electron chi connectivity index (χ1n) is 21.1. The van der Waals surface area contributed by atoms with Crippen molar-refractivity contribution < 1.29 is 0 Å². The second-order valence-corrected chi connectivity index (χ2v) is 15.0. The SMILES string of the molecule is C/C=C\C(=C/C)C/C=C(\C=C(/N)c1ccccc1)c1ccc(-n2c3ccccc3c3ccc4c(ccc5ccc6c7ccccc7n(-c7ccccc7)c6c54)c32)cc1.CC. The minimum absolute atomic E-state index is 0.741. The van der Waals surface area contributed by atoms with E-state index in [9.17, 15) is 0 Å². The predicted octanol–water partition coefficient (Wildman–Crippen LogP) is 15.5. The van der Waals surface area contributed by atoms with Crippen LogP contribution in [0.2, 0.25) is 0 Å². The van der Waals surface area contributed by atoms with Crippen LogP contribution in [0.15, 0.2) is 206 Å². The topological polar surface area (TPSA) is 35.9 Å². The number of nitrogens with zero attached hydrogens (tertiary/aromatic N) is 2. The van der Waals surface area contributed by atoms with E-state index >= 15 is 0 Å². The van der Waals surface area contributed by atoms with Gasteiger partial charge in [0.15, 0.2) is 0 Å². The fourth-order valence-electron chi connectivity index (χ4n) is 8.92. The highest BCUT2D eigenvalue weighted by molar-refractivity contribution is 6.29. The van der Waals surface area contributed by atoms with Gasteiger partial charge < -0.3 is 14.9 Å². The van der Waals surface area contributed by atoms with E-state index in [4.69, 9.17) is 5.73 Å². The molecule has 0 spiro atoms. The third-order valence-electron chi connectivity index (χ3n) is 11.6. The van der Waals surface area contributed by atoms with Crippen LogP contribution in [0, 0.1) is 0 Å². The Morgan fingerprint density at radius 3 is 1.65 bits per heavy atom. The van der Waals surface area contributed by atoms with Crippen LogP contribution in [0.3, 0.4) is 0 Å². The number of para-hydroxylation sites is 3. The maximum atomic E-state index is 6.74. The summed E-state index contributed by atoms with van der Waals surface area (Å²) in [6.07, 6.45) is 11.6. The van der Waals surface area contributed by atoms with Gasteiger partial charge in [0.05, 0.1) is 22.1 Å². The van der Waals surface area contributed by atoms with Crippen LogP contribution in [0.1, 0.15) is 45.2 Å². The first-order chi connectivity index (χ1) is 29.6. The average molecular weight is 776 g/mol. The average Bonchev–Trinajstić information content (AvgIpc) is 3.84. The zero-order valence-corrected chi connectivity index (χ0v) is 34.7. The molecule has 0 radical (unpaired) electrons. The van der Waals surface area contributed by atoms with Gasteiger partial charge in [0.1, 0.15) is 0 Å². The summed E-state index contributed by atoms with van der Waals surface area (Å²) in [6, 6.07) is 61.5. The summed E-state index contributed by atoms with van der Waals surface area (Å²) >= 11 is 0. The van der Waals surface area contributed by atoms with Crippen molar-refractivity contribution in [3.63, 3.8) is 0 Å². The molecule has 0 aliphatic heterocycles. The lowest BCUT2D eigenvalue weighted by Crippen LogP contribution is -1.98. The van der Waals surface area contributed by atoms with E-state index in [1.807, 2.05) is 32.0 Å². The zero-order chi connectivity index (χ0) is 41.2. The van der Waals surface area contributed by atoms with Gasteiger partial charge in [-0.2, -0.15) is 0 Å². The summed E-state index contributed by atoms with van der Waals surface area (Å²) in [5.41, 5.74) is 19.1. The molecule has 0 atom stereocenters. The molecule has 0 bridgehead atoms. The van der Waals surface area contributed by atoms with Crippen LogP contribution in [0.5, 0.6) is 0 Å². The Morgan fingerprint density at radius 2 is 1.02 bits per heavy atom. The van der Waals surface area contributed by atoms with Crippen LogP contribution in [0.4, 0.5) is 0 Å². The van der Waals surface area contributed by atoms with E-state index in [0.29, 0.717) is 0 Å².